The molecule has 1 fully saturated rings. The van der Waals surface area contributed by atoms with Crippen molar-refractivity contribution in [2.45, 2.75) is 33.1 Å². The lowest BCUT2D eigenvalue weighted by molar-refractivity contribution is -0.141. The summed E-state index contributed by atoms with van der Waals surface area (Å²) in [6.07, 6.45) is 0.296. The number of carboxylic acids is 1. The van der Waals surface area contributed by atoms with E-state index in [-0.39, 0.29) is 18.4 Å². The molecule has 0 spiro atoms. The molecular weight excluding hydrogens is 336 g/mol. The molecule has 25 heavy (non-hydrogen) atoms. The first-order chi connectivity index (χ1) is 11.9. The molecule has 0 saturated carbocycles. The van der Waals surface area contributed by atoms with Gasteiger partial charge in [-0.2, -0.15) is 0 Å². The molecule has 2 atom stereocenters. The van der Waals surface area contributed by atoms with Gasteiger partial charge in [0.2, 0.25) is 5.91 Å². The van der Waals surface area contributed by atoms with Crippen LogP contribution in [0.3, 0.4) is 0 Å². The maximum Gasteiger partial charge on any atom is 0.308 e. The summed E-state index contributed by atoms with van der Waals surface area (Å²) < 4.78 is 0. The number of hydrogen-bond acceptors (Lipinski definition) is 4. The second-order valence-electron chi connectivity index (χ2n) is 6.62. The van der Waals surface area contributed by atoms with E-state index in [4.69, 9.17) is 0 Å². The van der Waals surface area contributed by atoms with Crippen molar-refractivity contribution >= 4 is 23.2 Å². The lowest BCUT2D eigenvalue weighted by Gasteiger charge is -2.18. The minimum Gasteiger partial charge on any atom is -0.481 e. The quantitative estimate of drug-likeness (QED) is 0.912. The molecule has 0 radical (unpaired) electrons. The van der Waals surface area contributed by atoms with Gasteiger partial charge in [-0.25, -0.2) is 4.98 Å². The second-order valence-corrected chi connectivity index (χ2v) is 7.91. The van der Waals surface area contributed by atoms with Crippen LogP contribution >= 0.6 is 11.3 Å². The highest BCUT2D eigenvalue weighted by molar-refractivity contribution is 7.11. The number of rotatable bonds is 4. The molecule has 0 unspecified atom stereocenters. The molecule has 1 amide bonds. The minimum atomic E-state index is -0.839. The second kappa shape index (κ2) is 6.96. The number of benzene rings is 1. The Morgan fingerprint density at radius 1 is 1.24 bits per heavy atom. The molecule has 1 aromatic heterocycles. The number of aromatic nitrogens is 1. The number of aliphatic carboxylic acids is 1. The lowest BCUT2D eigenvalue weighted by Crippen LogP contribution is -2.31. The van der Waals surface area contributed by atoms with E-state index in [2.05, 4.69) is 4.98 Å². The zero-order valence-electron chi connectivity index (χ0n) is 14.7. The summed E-state index contributed by atoms with van der Waals surface area (Å²) in [5.74, 6) is -1.58. The van der Waals surface area contributed by atoms with Crippen LogP contribution in [-0.4, -0.2) is 40.0 Å². The highest BCUT2D eigenvalue weighted by Gasteiger charge is 2.40. The van der Waals surface area contributed by atoms with Gasteiger partial charge < -0.3 is 10.0 Å². The Hall–Kier alpha value is -2.21. The van der Waals surface area contributed by atoms with Crippen LogP contribution in [0.5, 0.6) is 0 Å². The van der Waals surface area contributed by atoms with Crippen molar-refractivity contribution < 1.29 is 14.7 Å². The van der Waals surface area contributed by atoms with Crippen molar-refractivity contribution in [2.75, 3.05) is 13.1 Å². The van der Waals surface area contributed by atoms with Gasteiger partial charge in [-0.05, 0) is 31.9 Å². The van der Waals surface area contributed by atoms with Crippen molar-refractivity contribution in [3.05, 3.63) is 51.0 Å². The van der Waals surface area contributed by atoms with E-state index in [0.29, 0.717) is 13.0 Å². The summed E-state index contributed by atoms with van der Waals surface area (Å²) in [7, 11) is 0. The lowest BCUT2D eigenvalue weighted by atomic mass is 9.86. The van der Waals surface area contributed by atoms with E-state index in [1.165, 1.54) is 11.3 Å². The van der Waals surface area contributed by atoms with Crippen molar-refractivity contribution in [1.29, 1.82) is 0 Å². The molecule has 1 aromatic carbocycles. The topological polar surface area (TPSA) is 70.5 Å². The maximum absolute atomic E-state index is 12.7. The number of thiazole rings is 1. The number of nitrogens with zero attached hydrogens (tertiary/aromatic N) is 2. The predicted octanol–water partition coefficient (Wildman–Crippen LogP) is 2.94. The molecule has 1 saturated heterocycles. The largest absolute Gasteiger partial charge is 0.481 e. The predicted molar refractivity (Wildman–Crippen MR) is 96.9 cm³/mol. The molecule has 6 heteroatoms. The number of aryl methyl sites for hydroxylation is 3. The van der Waals surface area contributed by atoms with Crippen LogP contribution in [0.2, 0.25) is 0 Å². The first kappa shape index (κ1) is 17.6. The SMILES string of the molecule is Cc1nc(C)c(CC(=O)N2C[C@@H](C(=O)O)[C@H](c3ccccc3C)C2)s1. The van der Waals surface area contributed by atoms with Crippen molar-refractivity contribution in [1.82, 2.24) is 9.88 Å². The summed E-state index contributed by atoms with van der Waals surface area (Å²) >= 11 is 1.53. The molecule has 0 bridgehead atoms. The summed E-state index contributed by atoms with van der Waals surface area (Å²) in [5, 5.41) is 10.6. The third-order valence-electron chi connectivity index (χ3n) is 4.89. The summed E-state index contributed by atoms with van der Waals surface area (Å²) in [6, 6.07) is 7.83. The standard InChI is InChI=1S/C19H22N2O3S/c1-11-6-4-5-7-14(11)15-9-21(10-16(15)19(23)24)18(22)8-17-12(2)20-13(3)25-17/h4-7,15-16H,8-10H2,1-3H3,(H,23,24)/t15-,16+/m0/s1. The van der Waals surface area contributed by atoms with Gasteiger partial charge in [-0.3, -0.25) is 9.59 Å². The van der Waals surface area contributed by atoms with Gasteiger partial charge in [0.25, 0.3) is 0 Å². The Balaban J connectivity index is 1.80. The van der Waals surface area contributed by atoms with Gasteiger partial charge in [0.15, 0.2) is 0 Å². The van der Waals surface area contributed by atoms with E-state index in [1.54, 1.807) is 4.90 Å². The molecule has 5 nitrogen and oxygen atoms in total. The summed E-state index contributed by atoms with van der Waals surface area (Å²) in [6.45, 7) is 6.55. The highest BCUT2D eigenvalue weighted by Crippen LogP contribution is 2.35. The molecule has 132 valence electrons. The Bertz CT molecular complexity index is 815. The van der Waals surface area contributed by atoms with Crippen LogP contribution in [-0.2, 0) is 16.0 Å². The Morgan fingerprint density at radius 3 is 2.56 bits per heavy atom. The van der Waals surface area contributed by atoms with E-state index in [1.807, 2.05) is 45.0 Å². The molecular formula is C19H22N2O3S. The molecule has 2 aromatic rings. The fraction of sp³-hybridized carbons (Fsp3) is 0.421. The normalized spacial score (nSPS) is 20.0. The highest BCUT2D eigenvalue weighted by atomic mass is 32.1. The molecule has 3 rings (SSSR count). The smallest absolute Gasteiger partial charge is 0.308 e. The van der Waals surface area contributed by atoms with Crippen LogP contribution in [0.4, 0.5) is 0 Å². The number of likely N-dealkylation sites (tertiary alicyclic amines) is 1. The zero-order valence-corrected chi connectivity index (χ0v) is 15.5. The summed E-state index contributed by atoms with van der Waals surface area (Å²) in [5.41, 5.74) is 2.98. The average molecular weight is 358 g/mol. The summed E-state index contributed by atoms with van der Waals surface area (Å²) in [4.78, 5) is 31.5. The number of amides is 1. The van der Waals surface area contributed by atoms with Gasteiger partial charge in [-0.15, -0.1) is 11.3 Å². The Kier molecular flexibility index (Phi) is 4.90. The van der Waals surface area contributed by atoms with E-state index in [9.17, 15) is 14.7 Å². The van der Waals surface area contributed by atoms with E-state index >= 15 is 0 Å². The van der Waals surface area contributed by atoms with E-state index < -0.39 is 11.9 Å². The number of carboxylic acid groups (broad SMARTS) is 1. The van der Waals surface area contributed by atoms with Gasteiger partial charge >= 0.3 is 5.97 Å². The van der Waals surface area contributed by atoms with Gasteiger partial charge in [0.05, 0.1) is 23.0 Å². The van der Waals surface area contributed by atoms with Crippen LogP contribution < -0.4 is 0 Å². The van der Waals surface area contributed by atoms with Crippen molar-refractivity contribution in [3.63, 3.8) is 0 Å². The number of carbonyl (C=O) groups excluding carboxylic acids is 1. The number of carbonyl (C=O) groups is 2. The van der Waals surface area contributed by atoms with E-state index in [0.717, 1.165) is 26.7 Å². The van der Waals surface area contributed by atoms with Crippen LogP contribution in [0.25, 0.3) is 0 Å². The van der Waals surface area contributed by atoms with Crippen LogP contribution in [0.1, 0.15) is 32.6 Å². The Morgan fingerprint density at radius 2 is 1.96 bits per heavy atom. The van der Waals surface area contributed by atoms with Gasteiger partial charge in [-0.1, -0.05) is 24.3 Å². The van der Waals surface area contributed by atoms with Gasteiger partial charge in [0, 0.05) is 23.9 Å². The molecule has 1 aliphatic heterocycles. The van der Waals surface area contributed by atoms with Crippen molar-refractivity contribution in [2.24, 2.45) is 5.92 Å². The first-order valence-corrected chi connectivity index (χ1v) is 9.17. The molecule has 0 aliphatic carbocycles. The fourth-order valence-corrected chi connectivity index (χ4v) is 4.49. The maximum atomic E-state index is 12.7. The van der Waals surface area contributed by atoms with Crippen molar-refractivity contribution in [3.8, 4) is 0 Å². The molecule has 1 aliphatic rings. The van der Waals surface area contributed by atoms with Gasteiger partial charge in [0.1, 0.15) is 0 Å². The third-order valence-corrected chi connectivity index (χ3v) is 5.96. The van der Waals surface area contributed by atoms with Crippen LogP contribution in [0.15, 0.2) is 24.3 Å². The zero-order chi connectivity index (χ0) is 18.1. The monoisotopic (exact) mass is 358 g/mol. The average Bonchev–Trinajstić information content (AvgIpc) is 3.12. The molecule has 1 N–H and O–H groups in total. The first-order valence-electron chi connectivity index (χ1n) is 8.36. The third kappa shape index (κ3) is 3.58. The molecule has 2 heterocycles. The van der Waals surface area contributed by atoms with Crippen LogP contribution in [0, 0.1) is 26.7 Å². The Labute approximate surface area is 151 Å². The minimum absolute atomic E-state index is 0.0194. The number of hydrogen-bond donors (Lipinski definition) is 1. The fourth-order valence-electron chi connectivity index (χ4n) is 3.56.